The van der Waals surface area contributed by atoms with Crippen molar-refractivity contribution in [2.24, 2.45) is 0 Å². The largest absolute Gasteiger partial charge is 0.490 e. The number of amides is 1. The van der Waals surface area contributed by atoms with Gasteiger partial charge in [-0.1, -0.05) is 18.2 Å². The SMILES string of the molecule is CCOc1cc(/C=C(/C#N)C(=O)NCc2ccco2)ccc1OC(=O)c1ccccc1Br. The molecule has 0 radical (unpaired) electrons. The van der Waals surface area contributed by atoms with E-state index in [1.54, 1.807) is 61.5 Å². The van der Waals surface area contributed by atoms with Crippen LogP contribution >= 0.6 is 15.9 Å². The number of carbonyl (C=O) groups excluding carboxylic acids is 2. The van der Waals surface area contributed by atoms with Crippen molar-refractivity contribution >= 4 is 33.9 Å². The van der Waals surface area contributed by atoms with Crippen LogP contribution in [0.5, 0.6) is 11.5 Å². The Balaban J connectivity index is 1.79. The average molecular weight is 495 g/mol. The summed E-state index contributed by atoms with van der Waals surface area (Å²) in [5.41, 5.74) is 0.828. The van der Waals surface area contributed by atoms with E-state index in [4.69, 9.17) is 13.9 Å². The number of nitrogens with zero attached hydrogens (tertiary/aromatic N) is 1. The van der Waals surface area contributed by atoms with Crippen LogP contribution in [0.4, 0.5) is 0 Å². The minimum Gasteiger partial charge on any atom is -0.490 e. The Morgan fingerprint density at radius 3 is 2.66 bits per heavy atom. The van der Waals surface area contributed by atoms with Crippen LogP contribution in [0.25, 0.3) is 6.08 Å². The Kier molecular flexibility index (Phi) is 7.84. The number of rotatable bonds is 8. The lowest BCUT2D eigenvalue weighted by atomic mass is 10.1. The first-order chi connectivity index (χ1) is 15.5. The van der Waals surface area contributed by atoms with E-state index in [0.29, 0.717) is 33.7 Å². The van der Waals surface area contributed by atoms with Gasteiger partial charge in [0.15, 0.2) is 11.5 Å². The summed E-state index contributed by atoms with van der Waals surface area (Å²) >= 11 is 3.33. The van der Waals surface area contributed by atoms with Crippen molar-refractivity contribution in [2.45, 2.75) is 13.5 Å². The molecule has 32 heavy (non-hydrogen) atoms. The molecule has 3 aromatic rings. The third kappa shape index (κ3) is 5.86. The van der Waals surface area contributed by atoms with E-state index in [0.717, 1.165) is 0 Å². The van der Waals surface area contributed by atoms with Gasteiger partial charge in [0.05, 0.1) is 25.0 Å². The number of esters is 1. The standard InChI is InChI=1S/C24H19BrN2O5/c1-2-30-22-13-16(12-17(14-26)23(28)27-15-18-6-5-11-31-18)9-10-21(22)32-24(29)19-7-3-4-8-20(19)25/h3-13H,2,15H2,1H3,(H,27,28)/b17-12-. The second-order valence-corrected chi connectivity index (χ2v) is 7.29. The van der Waals surface area contributed by atoms with E-state index in [-0.39, 0.29) is 17.9 Å². The van der Waals surface area contributed by atoms with Crippen molar-refractivity contribution in [1.29, 1.82) is 5.26 Å². The summed E-state index contributed by atoms with van der Waals surface area (Å²) < 4.78 is 16.9. The number of ether oxygens (including phenoxy) is 2. The third-order valence-corrected chi connectivity index (χ3v) is 4.93. The van der Waals surface area contributed by atoms with Gasteiger partial charge in [-0.3, -0.25) is 4.79 Å². The molecule has 162 valence electrons. The molecular weight excluding hydrogens is 476 g/mol. The van der Waals surface area contributed by atoms with E-state index in [9.17, 15) is 14.9 Å². The minimum absolute atomic E-state index is 0.0861. The average Bonchev–Trinajstić information content (AvgIpc) is 3.31. The van der Waals surface area contributed by atoms with Gasteiger partial charge >= 0.3 is 5.97 Å². The fraction of sp³-hybridized carbons (Fsp3) is 0.125. The Morgan fingerprint density at radius 1 is 1.16 bits per heavy atom. The second kappa shape index (κ2) is 11.0. The summed E-state index contributed by atoms with van der Waals surface area (Å²) in [6.07, 6.45) is 2.93. The third-order valence-electron chi connectivity index (χ3n) is 4.24. The molecule has 0 saturated heterocycles. The summed E-state index contributed by atoms with van der Waals surface area (Å²) in [4.78, 5) is 24.9. The lowest BCUT2D eigenvalue weighted by molar-refractivity contribution is -0.117. The van der Waals surface area contributed by atoms with Crippen molar-refractivity contribution < 1.29 is 23.5 Å². The molecule has 8 heteroatoms. The van der Waals surface area contributed by atoms with Gasteiger partial charge in [-0.05, 0) is 70.9 Å². The van der Waals surface area contributed by atoms with Crippen molar-refractivity contribution in [1.82, 2.24) is 5.32 Å². The van der Waals surface area contributed by atoms with Crippen LogP contribution in [0.3, 0.4) is 0 Å². The molecule has 0 atom stereocenters. The minimum atomic E-state index is -0.545. The van der Waals surface area contributed by atoms with Gasteiger partial charge in [-0.2, -0.15) is 5.26 Å². The maximum absolute atomic E-state index is 12.5. The highest BCUT2D eigenvalue weighted by atomic mass is 79.9. The molecule has 1 N–H and O–H groups in total. The van der Waals surface area contributed by atoms with Crippen LogP contribution in [-0.4, -0.2) is 18.5 Å². The van der Waals surface area contributed by atoms with Crippen molar-refractivity contribution in [3.63, 3.8) is 0 Å². The molecule has 0 aliphatic heterocycles. The predicted octanol–water partition coefficient (Wildman–Crippen LogP) is 4.88. The van der Waals surface area contributed by atoms with Crippen molar-refractivity contribution in [2.75, 3.05) is 6.61 Å². The topological polar surface area (TPSA) is 102 Å². The molecule has 0 bridgehead atoms. The van der Waals surface area contributed by atoms with Crippen molar-refractivity contribution in [3.05, 3.63) is 87.8 Å². The maximum Gasteiger partial charge on any atom is 0.344 e. The van der Waals surface area contributed by atoms with Gasteiger partial charge in [0.1, 0.15) is 17.4 Å². The van der Waals surface area contributed by atoms with Crippen LogP contribution < -0.4 is 14.8 Å². The summed E-state index contributed by atoms with van der Waals surface area (Å²) in [6.45, 7) is 2.30. The molecule has 1 amide bonds. The predicted molar refractivity (Wildman–Crippen MR) is 121 cm³/mol. The monoisotopic (exact) mass is 494 g/mol. The second-order valence-electron chi connectivity index (χ2n) is 6.44. The molecular formula is C24H19BrN2O5. The lowest BCUT2D eigenvalue weighted by Gasteiger charge is -2.12. The Labute approximate surface area is 193 Å². The molecule has 0 saturated carbocycles. The number of halogens is 1. The van der Waals surface area contributed by atoms with E-state index in [1.165, 1.54) is 12.3 Å². The van der Waals surface area contributed by atoms with Gasteiger partial charge in [0.25, 0.3) is 5.91 Å². The van der Waals surface area contributed by atoms with E-state index < -0.39 is 11.9 Å². The molecule has 0 aliphatic carbocycles. The van der Waals surface area contributed by atoms with Crippen LogP contribution in [0.2, 0.25) is 0 Å². The summed E-state index contributed by atoms with van der Waals surface area (Å²) in [6, 6.07) is 17.0. The number of furan rings is 1. The molecule has 2 aromatic carbocycles. The molecule has 0 unspecified atom stereocenters. The number of carbonyl (C=O) groups is 2. The van der Waals surface area contributed by atoms with Crippen LogP contribution in [-0.2, 0) is 11.3 Å². The maximum atomic E-state index is 12.5. The van der Waals surface area contributed by atoms with Crippen LogP contribution in [0, 0.1) is 11.3 Å². The summed E-state index contributed by atoms with van der Waals surface area (Å²) in [7, 11) is 0. The van der Waals surface area contributed by atoms with Crippen LogP contribution in [0.1, 0.15) is 28.6 Å². The fourth-order valence-corrected chi connectivity index (χ4v) is 3.19. The van der Waals surface area contributed by atoms with Gasteiger partial charge in [-0.15, -0.1) is 0 Å². The van der Waals surface area contributed by atoms with Crippen LogP contribution in [0.15, 0.2) is 75.3 Å². The molecule has 1 aromatic heterocycles. The molecule has 3 rings (SSSR count). The zero-order valence-corrected chi connectivity index (χ0v) is 18.7. The molecule has 0 spiro atoms. The Bertz CT molecular complexity index is 1180. The number of benzene rings is 2. The highest BCUT2D eigenvalue weighted by Crippen LogP contribution is 2.31. The van der Waals surface area contributed by atoms with E-state index in [2.05, 4.69) is 21.2 Å². The molecule has 0 fully saturated rings. The van der Waals surface area contributed by atoms with Gasteiger partial charge < -0.3 is 19.2 Å². The van der Waals surface area contributed by atoms with Gasteiger partial charge in [-0.25, -0.2) is 4.79 Å². The summed E-state index contributed by atoms with van der Waals surface area (Å²) in [5.74, 6) is 0.0361. The van der Waals surface area contributed by atoms with Gasteiger partial charge in [0, 0.05) is 4.47 Å². The Hall–Kier alpha value is -3.83. The number of hydrogen-bond donors (Lipinski definition) is 1. The summed E-state index contributed by atoms with van der Waals surface area (Å²) in [5, 5.41) is 12.0. The van der Waals surface area contributed by atoms with Gasteiger partial charge in [0.2, 0.25) is 0 Å². The van der Waals surface area contributed by atoms with E-state index >= 15 is 0 Å². The first kappa shape index (κ1) is 22.8. The molecule has 0 aliphatic rings. The first-order valence-corrected chi connectivity index (χ1v) is 10.5. The first-order valence-electron chi connectivity index (χ1n) is 9.67. The lowest BCUT2D eigenvalue weighted by Crippen LogP contribution is -2.23. The number of nitrogens with one attached hydrogen (secondary N) is 1. The molecule has 7 nitrogen and oxygen atoms in total. The zero-order chi connectivity index (χ0) is 22.9. The highest BCUT2D eigenvalue weighted by Gasteiger charge is 2.16. The Morgan fingerprint density at radius 2 is 1.97 bits per heavy atom. The number of hydrogen-bond acceptors (Lipinski definition) is 6. The quantitative estimate of drug-likeness (QED) is 0.207. The zero-order valence-electron chi connectivity index (χ0n) is 17.1. The fourth-order valence-electron chi connectivity index (χ4n) is 2.74. The number of nitriles is 1. The molecule has 1 heterocycles. The normalized spacial score (nSPS) is 10.8. The smallest absolute Gasteiger partial charge is 0.344 e. The van der Waals surface area contributed by atoms with Crippen molar-refractivity contribution in [3.8, 4) is 17.6 Å². The highest BCUT2D eigenvalue weighted by molar-refractivity contribution is 9.10. The van der Waals surface area contributed by atoms with E-state index in [1.807, 2.05) is 6.07 Å².